The van der Waals surface area contributed by atoms with Crippen LogP contribution in [-0.2, 0) is 17.7 Å². The molecule has 156 valence electrons. The topological polar surface area (TPSA) is 59.2 Å². The summed E-state index contributed by atoms with van der Waals surface area (Å²) in [4.78, 5) is 6.87. The van der Waals surface area contributed by atoms with E-state index in [0.29, 0.717) is 0 Å². The second-order valence-corrected chi connectivity index (χ2v) is 6.22. The minimum atomic E-state index is 0. The van der Waals surface area contributed by atoms with Gasteiger partial charge in [0.2, 0.25) is 0 Å². The molecular formula is C21H32IN3O3. The lowest BCUT2D eigenvalue weighted by molar-refractivity contribution is 0.146. The highest BCUT2D eigenvalue weighted by Gasteiger charge is 2.08. The van der Waals surface area contributed by atoms with Crippen LogP contribution < -0.4 is 10.1 Å². The first kappa shape index (κ1) is 24.3. The van der Waals surface area contributed by atoms with E-state index in [2.05, 4.69) is 22.3 Å². The Morgan fingerprint density at radius 3 is 2.64 bits per heavy atom. The molecule has 6 nitrogen and oxygen atoms in total. The lowest BCUT2D eigenvalue weighted by Crippen LogP contribution is -2.39. The quantitative estimate of drug-likeness (QED) is 0.219. The molecule has 0 saturated heterocycles. The molecule has 0 bridgehead atoms. The molecule has 1 N–H and O–H groups in total. The summed E-state index contributed by atoms with van der Waals surface area (Å²) in [5.41, 5.74) is 1.20. The van der Waals surface area contributed by atoms with Crippen LogP contribution in [-0.4, -0.2) is 51.3 Å². The minimum absolute atomic E-state index is 0. The van der Waals surface area contributed by atoms with Crippen molar-refractivity contribution >= 4 is 29.9 Å². The van der Waals surface area contributed by atoms with Crippen molar-refractivity contribution in [3.05, 3.63) is 54.0 Å². The Labute approximate surface area is 185 Å². The molecule has 28 heavy (non-hydrogen) atoms. The van der Waals surface area contributed by atoms with E-state index >= 15 is 0 Å². The Hall–Kier alpha value is -1.74. The fraction of sp³-hybridized carbons (Fsp3) is 0.476. The summed E-state index contributed by atoms with van der Waals surface area (Å²) in [6.45, 7) is 5.76. The summed E-state index contributed by atoms with van der Waals surface area (Å²) >= 11 is 0. The fourth-order valence-corrected chi connectivity index (χ4v) is 2.64. The first-order chi connectivity index (χ1) is 13.2. The molecule has 0 saturated carbocycles. The summed E-state index contributed by atoms with van der Waals surface area (Å²) in [5.74, 6) is 2.72. The highest BCUT2D eigenvalue weighted by Crippen LogP contribution is 2.12. The molecule has 0 aliphatic carbocycles. The largest absolute Gasteiger partial charge is 0.497 e. The maximum atomic E-state index is 5.40. The molecule has 1 aromatic heterocycles. The molecule has 1 aromatic carbocycles. The van der Waals surface area contributed by atoms with Gasteiger partial charge in [-0.3, -0.25) is 4.99 Å². The van der Waals surface area contributed by atoms with E-state index in [0.717, 1.165) is 63.2 Å². The lowest BCUT2D eigenvalue weighted by atomic mass is 10.2. The van der Waals surface area contributed by atoms with Crippen LogP contribution in [0.2, 0.25) is 0 Å². The van der Waals surface area contributed by atoms with Crippen LogP contribution in [0, 0.1) is 0 Å². The molecule has 0 atom stereocenters. The highest BCUT2D eigenvalue weighted by molar-refractivity contribution is 14.0. The summed E-state index contributed by atoms with van der Waals surface area (Å²) in [6, 6.07) is 12.0. The molecule has 0 fully saturated rings. The normalized spacial score (nSPS) is 11.0. The minimum Gasteiger partial charge on any atom is -0.497 e. The number of aliphatic imine (C=N–C) groups is 1. The predicted octanol–water partition coefficient (Wildman–Crippen LogP) is 3.95. The lowest BCUT2D eigenvalue weighted by Gasteiger charge is -2.23. The van der Waals surface area contributed by atoms with Crippen molar-refractivity contribution in [2.75, 3.05) is 40.5 Å². The molecule has 0 spiro atoms. The number of hydrogen-bond donors (Lipinski definition) is 1. The molecule has 0 aliphatic heterocycles. The maximum Gasteiger partial charge on any atom is 0.193 e. The molecule has 0 unspecified atom stereocenters. The number of ether oxygens (including phenoxy) is 2. The number of hydrogen-bond acceptors (Lipinski definition) is 4. The van der Waals surface area contributed by atoms with E-state index in [1.54, 1.807) is 13.4 Å². The van der Waals surface area contributed by atoms with Gasteiger partial charge in [0.1, 0.15) is 11.5 Å². The molecule has 0 aliphatic rings. The van der Waals surface area contributed by atoms with Gasteiger partial charge in [-0.05, 0) is 43.2 Å². The molecule has 2 aromatic rings. The Morgan fingerprint density at radius 1 is 1.21 bits per heavy atom. The third-order valence-corrected chi connectivity index (χ3v) is 4.09. The number of nitrogens with one attached hydrogen (secondary N) is 1. The number of nitrogens with zero attached hydrogens (tertiary/aromatic N) is 2. The van der Waals surface area contributed by atoms with Crippen molar-refractivity contribution in [3.63, 3.8) is 0 Å². The summed E-state index contributed by atoms with van der Waals surface area (Å²) in [5, 5.41) is 3.44. The number of rotatable bonds is 11. The van der Waals surface area contributed by atoms with Crippen LogP contribution in [0.15, 0.2) is 52.1 Å². The van der Waals surface area contributed by atoms with Gasteiger partial charge in [0.15, 0.2) is 5.96 Å². The molecular weight excluding hydrogens is 469 g/mol. The van der Waals surface area contributed by atoms with Gasteiger partial charge in [0.05, 0.1) is 13.4 Å². The summed E-state index contributed by atoms with van der Waals surface area (Å²) in [6.07, 6.45) is 3.43. The van der Waals surface area contributed by atoms with E-state index in [4.69, 9.17) is 18.9 Å². The van der Waals surface area contributed by atoms with Crippen molar-refractivity contribution in [2.24, 2.45) is 4.99 Å². The van der Waals surface area contributed by atoms with E-state index < -0.39 is 0 Å². The Balaban J connectivity index is 0.00000392. The van der Waals surface area contributed by atoms with Crippen LogP contribution in [0.1, 0.15) is 24.7 Å². The van der Waals surface area contributed by atoms with E-state index in [1.165, 1.54) is 5.56 Å². The number of benzene rings is 1. The Morgan fingerprint density at radius 2 is 2.00 bits per heavy atom. The average Bonchev–Trinajstić information content (AvgIpc) is 3.20. The van der Waals surface area contributed by atoms with Crippen LogP contribution in [0.3, 0.4) is 0 Å². The predicted molar refractivity (Wildman–Crippen MR) is 124 cm³/mol. The zero-order valence-electron chi connectivity index (χ0n) is 17.0. The van der Waals surface area contributed by atoms with Crippen molar-refractivity contribution < 1.29 is 13.9 Å². The first-order valence-corrected chi connectivity index (χ1v) is 9.45. The zero-order valence-corrected chi connectivity index (χ0v) is 19.3. The number of methoxy groups -OCH3 is 1. The van der Waals surface area contributed by atoms with Crippen molar-refractivity contribution in [2.45, 2.75) is 26.3 Å². The molecule has 0 amide bonds. The van der Waals surface area contributed by atoms with E-state index in [1.807, 2.05) is 38.2 Å². The van der Waals surface area contributed by atoms with Gasteiger partial charge in [-0.2, -0.15) is 0 Å². The SMILES string of the molecule is CCOCCCN=C(NCCc1ccco1)N(C)Cc1ccc(OC)cc1.I. The van der Waals surface area contributed by atoms with Gasteiger partial charge in [-0.15, -0.1) is 24.0 Å². The van der Waals surface area contributed by atoms with Crippen molar-refractivity contribution in [3.8, 4) is 5.75 Å². The van der Waals surface area contributed by atoms with Gasteiger partial charge in [0.25, 0.3) is 0 Å². The second kappa shape index (κ2) is 14.3. The van der Waals surface area contributed by atoms with Gasteiger partial charge >= 0.3 is 0 Å². The zero-order chi connectivity index (χ0) is 19.3. The monoisotopic (exact) mass is 501 g/mol. The first-order valence-electron chi connectivity index (χ1n) is 9.45. The Kier molecular flexibility index (Phi) is 12.4. The maximum absolute atomic E-state index is 5.40. The molecule has 7 heteroatoms. The third-order valence-electron chi connectivity index (χ3n) is 4.09. The van der Waals surface area contributed by atoms with Gasteiger partial charge in [-0.1, -0.05) is 12.1 Å². The second-order valence-electron chi connectivity index (χ2n) is 6.22. The number of guanidine groups is 1. The van der Waals surface area contributed by atoms with Gasteiger partial charge in [-0.25, -0.2) is 0 Å². The summed E-state index contributed by atoms with van der Waals surface area (Å²) in [7, 11) is 3.72. The molecule has 0 radical (unpaired) electrons. The standard InChI is InChI=1S/C21H31N3O3.HI/c1-4-26-15-6-13-22-21(23-14-12-20-7-5-16-27-20)24(2)17-18-8-10-19(25-3)11-9-18;/h5,7-11,16H,4,6,12-15,17H2,1-3H3,(H,22,23);1H. The number of furan rings is 1. The van der Waals surface area contributed by atoms with Gasteiger partial charge in [0, 0.05) is 46.3 Å². The van der Waals surface area contributed by atoms with Crippen LogP contribution in [0.5, 0.6) is 5.75 Å². The van der Waals surface area contributed by atoms with E-state index in [-0.39, 0.29) is 24.0 Å². The highest BCUT2D eigenvalue weighted by atomic mass is 127. The molecule has 2 rings (SSSR count). The van der Waals surface area contributed by atoms with Crippen molar-refractivity contribution in [1.82, 2.24) is 10.2 Å². The fourth-order valence-electron chi connectivity index (χ4n) is 2.64. The van der Waals surface area contributed by atoms with Crippen LogP contribution >= 0.6 is 24.0 Å². The van der Waals surface area contributed by atoms with Crippen LogP contribution in [0.25, 0.3) is 0 Å². The summed E-state index contributed by atoms with van der Waals surface area (Å²) < 4.78 is 16.0. The van der Waals surface area contributed by atoms with Crippen LogP contribution in [0.4, 0.5) is 0 Å². The average molecular weight is 501 g/mol. The van der Waals surface area contributed by atoms with E-state index in [9.17, 15) is 0 Å². The third kappa shape index (κ3) is 8.97. The van der Waals surface area contributed by atoms with Crippen molar-refractivity contribution in [1.29, 1.82) is 0 Å². The smallest absolute Gasteiger partial charge is 0.193 e. The Bertz CT molecular complexity index is 660. The van der Waals surface area contributed by atoms with Gasteiger partial charge < -0.3 is 24.1 Å². The molecule has 1 heterocycles. The number of halogens is 1.